The number of ether oxygens (including phenoxy) is 1. The summed E-state index contributed by atoms with van der Waals surface area (Å²) >= 11 is 3.32. The summed E-state index contributed by atoms with van der Waals surface area (Å²) in [4.78, 5) is 26.7. The molecule has 0 radical (unpaired) electrons. The maximum atomic E-state index is 11.8. The van der Waals surface area contributed by atoms with Crippen LogP contribution in [-0.2, 0) is 4.79 Å². The molecule has 0 aliphatic carbocycles. The number of amides is 1. The highest BCUT2D eigenvalue weighted by Crippen LogP contribution is 2.17. The summed E-state index contributed by atoms with van der Waals surface area (Å²) in [6.07, 6.45) is 0.606. The van der Waals surface area contributed by atoms with Crippen molar-refractivity contribution in [2.24, 2.45) is 0 Å². The number of anilines is 1. The van der Waals surface area contributed by atoms with Gasteiger partial charge in [0.25, 0.3) is 5.91 Å². The summed E-state index contributed by atoms with van der Waals surface area (Å²) in [5.41, 5.74) is 1.56. The van der Waals surface area contributed by atoms with E-state index in [0.717, 1.165) is 4.47 Å². The van der Waals surface area contributed by atoms with Crippen LogP contribution in [-0.4, -0.2) is 23.8 Å². The molecule has 0 aliphatic rings. The Morgan fingerprint density at radius 2 is 2.19 bits per heavy atom. The van der Waals surface area contributed by atoms with Gasteiger partial charge in [0.05, 0.1) is 0 Å². The Labute approximate surface area is 130 Å². The Morgan fingerprint density at radius 1 is 1.38 bits per heavy atom. The number of rotatable bonds is 5. The van der Waals surface area contributed by atoms with Gasteiger partial charge in [-0.1, -0.05) is 22.0 Å². The molecule has 0 spiro atoms. The summed E-state index contributed by atoms with van der Waals surface area (Å²) in [5.74, 6) is -0.0227. The third-order valence-corrected chi connectivity index (χ3v) is 3.10. The number of carbonyl (C=O) groups is 2. The van der Waals surface area contributed by atoms with Gasteiger partial charge in [0, 0.05) is 15.9 Å². The molecule has 1 heterocycles. The maximum absolute atomic E-state index is 11.8. The Kier molecular flexibility index (Phi) is 5.05. The molecule has 1 N–H and O–H groups in total. The minimum absolute atomic E-state index is 0.185. The highest BCUT2D eigenvalue weighted by atomic mass is 79.9. The first-order valence-electron chi connectivity index (χ1n) is 6.19. The Bertz CT molecular complexity index is 674. The Hall–Kier alpha value is -2.21. The SMILES string of the molecule is Cc1ccc(OCC(=O)Nc2cccc(Br)c2)c(C=O)n1. The van der Waals surface area contributed by atoms with Crippen molar-refractivity contribution in [3.8, 4) is 5.75 Å². The second kappa shape index (κ2) is 6.99. The van der Waals surface area contributed by atoms with Crippen molar-refractivity contribution in [2.75, 3.05) is 11.9 Å². The van der Waals surface area contributed by atoms with Gasteiger partial charge in [-0.25, -0.2) is 4.98 Å². The van der Waals surface area contributed by atoms with Crippen LogP contribution < -0.4 is 10.1 Å². The predicted molar refractivity (Wildman–Crippen MR) is 82.6 cm³/mol. The molecule has 0 fully saturated rings. The van der Waals surface area contributed by atoms with E-state index in [1.807, 2.05) is 12.1 Å². The van der Waals surface area contributed by atoms with E-state index in [1.165, 1.54) is 0 Å². The summed E-state index contributed by atoms with van der Waals surface area (Å²) in [7, 11) is 0. The number of pyridine rings is 1. The van der Waals surface area contributed by atoms with E-state index in [-0.39, 0.29) is 18.2 Å². The first-order valence-corrected chi connectivity index (χ1v) is 6.99. The molecule has 2 rings (SSSR count). The third kappa shape index (κ3) is 4.39. The first-order chi connectivity index (χ1) is 10.1. The normalized spacial score (nSPS) is 10.0. The summed E-state index contributed by atoms with van der Waals surface area (Å²) in [5, 5.41) is 2.70. The van der Waals surface area contributed by atoms with Crippen LogP contribution in [0.5, 0.6) is 5.75 Å². The van der Waals surface area contributed by atoms with Gasteiger partial charge in [0.2, 0.25) is 0 Å². The van der Waals surface area contributed by atoms with Crippen molar-refractivity contribution < 1.29 is 14.3 Å². The van der Waals surface area contributed by atoms with Crippen molar-refractivity contribution in [1.29, 1.82) is 0 Å². The van der Waals surface area contributed by atoms with Crippen molar-refractivity contribution in [1.82, 2.24) is 4.98 Å². The number of hydrogen-bond donors (Lipinski definition) is 1. The van der Waals surface area contributed by atoms with Gasteiger partial charge in [-0.3, -0.25) is 9.59 Å². The van der Waals surface area contributed by atoms with Crippen molar-refractivity contribution in [3.63, 3.8) is 0 Å². The van der Waals surface area contributed by atoms with Gasteiger partial charge in [0.15, 0.2) is 12.9 Å². The van der Waals surface area contributed by atoms with Crippen LogP contribution in [0.3, 0.4) is 0 Å². The molecular weight excluding hydrogens is 336 g/mol. The number of carbonyl (C=O) groups excluding carboxylic acids is 2. The zero-order chi connectivity index (χ0) is 15.2. The third-order valence-electron chi connectivity index (χ3n) is 2.60. The summed E-state index contributed by atoms with van der Waals surface area (Å²) < 4.78 is 6.20. The smallest absolute Gasteiger partial charge is 0.262 e. The van der Waals surface area contributed by atoms with Gasteiger partial charge in [-0.2, -0.15) is 0 Å². The second-order valence-corrected chi connectivity index (χ2v) is 5.22. The molecule has 0 aliphatic heterocycles. The molecule has 1 aromatic carbocycles. The molecule has 2 aromatic rings. The number of hydrogen-bond acceptors (Lipinski definition) is 4. The van der Waals surface area contributed by atoms with Crippen molar-refractivity contribution >= 4 is 33.8 Å². The lowest BCUT2D eigenvalue weighted by molar-refractivity contribution is -0.118. The minimum Gasteiger partial charge on any atom is -0.481 e. The fraction of sp³-hybridized carbons (Fsp3) is 0.133. The highest BCUT2D eigenvalue weighted by molar-refractivity contribution is 9.10. The fourth-order valence-corrected chi connectivity index (χ4v) is 2.08. The van der Waals surface area contributed by atoms with Crippen LogP contribution in [0.4, 0.5) is 5.69 Å². The van der Waals surface area contributed by atoms with E-state index >= 15 is 0 Å². The molecule has 0 saturated carbocycles. The predicted octanol–water partition coefficient (Wildman–Crippen LogP) is 2.98. The van der Waals surface area contributed by atoms with Gasteiger partial charge in [0.1, 0.15) is 11.4 Å². The average molecular weight is 349 g/mol. The number of nitrogens with one attached hydrogen (secondary N) is 1. The number of aldehydes is 1. The lowest BCUT2D eigenvalue weighted by Gasteiger charge is -2.09. The monoisotopic (exact) mass is 348 g/mol. The molecule has 0 unspecified atom stereocenters. The maximum Gasteiger partial charge on any atom is 0.262 e. The van der Waals surface area contributed by atoms with Crippen molar-refractivity contribution in [2.45, 2.75) is 6.92 Å². The van der Waals surface area contributed by atoms with Crippen LogP contribution in [0.25, 0.3) is 0 Å². The van der Waals surface area contributed by atoms with Gasteiger partial charge >= 0.3 is 0 Å². The molecule has 5 nitrogen and oxygen atoms in total. The van der Waals surface area contributed by atoms with E-state index in [0.29, 0.717) is 23.4 Å². The van der Waals surface area contributed by atoms with Crippen LogP contribution in [0.1, 0.15) is 16.2 Å². The zero-order valence-corrected chi connectivity index (χ0v) is 12.9. The summed E-state index contributed by atoms with van der Waals surface area (Å²) in [6, 6.07) is 10.6. The number of aryl methyl sites for hydroxylation is 1. The van der Waals surface area contributed by atoms with Crippen LogP contribution >= 0.6 is 15.9 Å². The minimum atomic E-state index is -0.314. The van der Waals surface area contributed by atoms with Gasteiger partial charge < -0.3 is 10.1 Å². The molecule has 108 valence electrons. The number of nitrogens with zero attached hydrogens (tertiary/aromatic N) is 1. The zero-order valence-electron chi connectivity index (χ0n) is 11.3. The van der Waals surface area contributed by atoms with Crippen LogP contribution in [0.15, 0.2) is 40.9 Å². The first kappa shape index (κ1) is 15.2. The quantitative estimate of drug-likeness (QED) is 0.843. The van der Waals surface area contributed by atoms with Crippen molar-refractivity contribution in [3.05, 3.63) is 52.3 Å². The highest BCUT2D eigenvalue weighted by Gasteiger charge is 2.08. The Balaban J connectivity index is 1.97. The number of benzene rings is 1. The Morgan fingerprint density at radius 3 is 2.90 bits per heavy atom. The summed E-state index contributed by atoms with van der Waals surface area (Å²) in [6.45, 7) is 1.58. The number of aromatic nitrogens is 1. The van der Waals surface area contributed by atoms with E-state index < -0.39 is 0 Å². The largest absolute Gasteiger partial charge is 0.481 e. The van der Waals surface area contributed by atoms with Gasteiger partial charge in [-0.05, 0) is 37.3 Å². The average Bonchev–Trinajstić information content (AvgIpc) is 2.45. The van der Waals surface area contributed by atoms with Crippen LogP contribution in [0, 0.1) is 6.92 Å². The molecule has 0 atom stereocenters. The molecule has 0 bridgehead atoms. The van der Waals surface area contributed by atoms with E-state index in [9.17, 15) is 9.59 Å². The second-order valence-electron chi connectivity index (χ2n) is 4.30. The molecule has 6 heteroatoms. The standard InChI is InChI=1S/C15H13BrN2O3/c1-10-5-6-14(13(8-19)17-10)21-9-15(20)18-12-4-2-3-11(16)7-12/h2-8H,9H2,1H3,(H,18,20). The number of halogens is 1. The van der Waals surface area contributed by atoms with Gasteiger partial charge in [-0.15, -0.1) is 0 Å². The topological polar surface area (TPSA) is 68.3 Å². The lowest BCUT2D eigenvalue weighted by Crippen LogP contribution is -2.20. The van der Waals surface area contributed by atoms with Crippen LogP contribution in [0.2, 0.25) is 0 Å². The fourth-order valence-electron chi connectivity index (χ4n) is 1.68. The molecule has 0 saturated heterocycles. The molecule has 1 amide bonds. The van der Waals surface area contributed by atoms with E-state index in [2.05, 4.69) is 26.2 Å². The molecule has 1 aromatic heterocycles. The molecule has 21 heavy (non-hydrogen) atoms. The molecular formula is C15H13BrN2O3. The van der Waals surface area contributed by atoms with E-state index in [4.69, 9.17) is 4.74 Å². The van der Waals surface area contributed by atoms with E-state index in [1.54, 1.807) is 31.2 Å². The lowest BCUT2D eigenvalue weighted by atomic mass is 10.3.